The van der Waals surface area contributed by atoms with Crippen molar-refractivity contribution in [3.8, 4) is 0 Å². The van der Waals surface area contributed by atoms with Crippen LogP contribution in [-0.2, 0) is 20.8 Å². The Morgan fingerprint density at radius 2 is 1.93 bits per heavy atom. The summed E-state index contributed by atoms with van der Waals surface area (Å²) in [5, 5.41) is 0. The molecule has 0 aromatic rings. The van der Waals surface area contributed by atoms with E-state index in [0.29, 0.717) is 30.8 Å². The first-order valence-corrected chi connectivity index (χ1v) is 8.02. The van der Waals surface area contributed by atoms with Gasteiger partial charge in [-0.15, -0.1) is 0 Å². The van der Waals surface area contributed by atoms with E-state index in [2.05, 4.69) is 4.72 Å². The first kappa shape index (κ1) is 12.1. The van der Waals surface area contributed by atoms with Gasteiger partial charge in [-0.1, -0.05) is 6.92 Å². The van der Waals surface area contributed by atoms with Crippen molar-refractivity contribution in [2.24, 2.45) is 0 Å². The Kier molecular flexibility index (Phi) is 4.53. The molecule has 14 heavy (non-hydrogen) atoms. The Labute approximate surface area is 88.0 Å². The zero-order valence-electron chi connectivity index (χ0n) is 8.36. The topological polar surface area (TPSA) is 63.2 Å². The lowest BCUT2D eigenvalue weighted by molar-refractivity contribution is 0.521. The molecule has 0 aromatic heterocycles. The molecule has 1 heterocycles. The Morgan fingerprint density at radius 1 is 1.36 bits per heavy atom. The van der Waals surface area contributed by atoms with E-state index in [1.54, 1.807) is 0 Å². The van der Waals surface area contributed by atoms with Gasteiger partial charge in [0.2, 0.25) is 10.0 Å². The van der Waals surface area contributed by atoms with Crippen molar-refractivity contribution in [3.05, 3.63) is 0 Å². The second-order valence-electron chi connectivity index (χ2n) is 3.56. The second-order valence-corrected chi connectivity index (χ2v) is 7.13. The van der Waals surface area contributed by atoms with E-state index in [4.69, 9.17) is 0 Å². The molecule has 0 aliphatic carbocycles. The van der Waals surface area contributed by atoms with Crippen molar-refractivity contribution in [2.45, 2.75) is 32.2 Å². The van der Waals surface area contributed by atoms with Gasteiger partial charge in [0.25, 0.3) is 0 Å². The molecule has 4 nitrogen and oxygen atoms in total. The van der Waals surface area contributed by atoms with Crippen LogP contribution in [0.4, 0.5) is 0 Å². The lowest BCUT2D eigenvalue weighted by atomic mass is 10.2. The Bertz CT molecular complexity index is 290. The molecular weight excluding hydrogens is 222 g/mol. The zero-order chi connectivity index (χ0) is 10.6. The predicted molar refractivity (Wildman–Crippen MR) is 58.1 cm³/mol. The molecule has 6 heteroatoms. The molecule has 0 radical (unpaired) electrons. The smallest absolute Gasteiger partial charge is 0.211 e. The summed E-state index contributed by atoms with van der Waals surface area (Å²) in [7, 11) is -3.83. The van der Waals surface area contributed by atoms with Crippen LogP contribution in [0.25, 0.3) is 0 Å². The molecule has 0 bridgehead atoms. The third-order valence-electron chi connectivity index (χ3n) is 2.21. The lowest BCUT2D eigenvalue weighted by Gasteiger charge is -2.22. The fourth-order valence-electron chi connectivity index (χ4n) is 1.49. The standard InChI is InChI=1S/C8H17NO3S2/c1-2-7-14(11,12)9-8-3-5-13(10)6-4-8/h8-9H,2-7H2,1H3. The van der Waals surface area contributed by atoms with Crippen LogP contribution in [0.3, 0.4) is 0 Å². The van der Waals surface area contributed by atoms with Gasteiger partial charge in [-0.2, -0.15) is 0 Å². The number of hydrogen-bond acceptors (Lipinski definition) is 3. The molecule has 1 saturated heterocycles. The number of hydrogen-bond donors (Lipinski definition) is 1. The molecule has 0 spiro atoms. The number of nitrogens with one attached hydrogen (secondary N) is 1. The fourth-order valence-corrected chi connectivity index (χ4v) is 4.19. The average molecular weight is 239 g/mol. The maximum atomic E-state index is 11.4. The van der Waals surface area contributed by atoms with E-state index < -0.39 is 20.8 Å². The summed E-state index contributed by atoms with van der Waals surface area (Å²) < 4.78 is 36.5. The van der Waals surface area contributed by atoms with Crippen LogP contribution >= 0.6 is 0 Å². The van der Waals surface area contributed by atoms with Gasteiger partial charge in [0.1, 0.15) is 0 Å². The van der Waals surface area contributed by atoms with Crippen LogP contribution in [0.15, 0.2) is 0 Å². The quantitative estimate of drug-likeness (QED) is 0.763. The molecule has 1 fully saturated rings. The van der Waals surface area contributed by atoms with Gasteiger partial charge in [0, 0.05) is 28.3 Å². The minimum Gasteiger partial charge on any atom is -0.260 e. The summed E-state index contributed by atoms with van der Waals surface area (Å²) in [5.41, 5.74) is 0. The Morgan fingerprint density at radius 3 is 2.43 bits per heavy atom. The van der Waals surface area contributed by atoms with Gasteiger partial charge in [-0.3, -0.25) is 4.21 Å². The molecule has 0 aromatic carbocycles. The molecule has 84 valence electrons. The lowest BCUT2D eigenvalue weighted by Crippen LogP contribution is -2.40. The van der Waals surface area contributed by atoms with Crippen LogP contribution in [-0.4, -0.2) is 35.9 Å². The van der Waals surface area contributed by atoms with Crippen molar-refractivity contribution in [2.75, 3.05) is 17.3 Å². The van der Waals surface area contributed by atoms with Gasteiger partial charge < -0.3 is 0 Å². The summed E-state index contributed by atoms with van der Waals surface area (Å²) in [5.74, 6) is 1.44. The maximum Gasteiger partial charge on any atom is 0.211 e. The molecule has 0 amide bonds. The first-order chi connectivity index (χ1) is 6.53. The maximum absolute atomic E-state index is 11.4. The molecule has 0 unspecified atom stereocenters. The first-order valence-electron chi connectivity index (χ1n) is 4.88. The normalized spacial score (nSPS) is 28.9. The van der Waals surface area contributed by atoms with Gasteiger partial charge >= 0.3 is 0 Å². The fraction of sp³-hybridized carbons (Fsp3) is 1.00. The summed E-state index contributed by atoms with van der Waals surface area (Å²) in [6, 6.07) is 0.00394. The molecule has 1 aliphatic rings. The van der Waals surface area contributed by atoms with Crippen molar-refractivity contribution in [1.29, 1.82) is 0 Å². The molecule has 0 saturated carbocycles. The largest absolute Gasteiger partial charge is 0.260 e. The summed E-state index contributed by atoms with van der Waals surface area (Å²) >= 11 is 0. The second kappa shape index (κ2) is 5.23. The van der Waals surface area contributed by atoms with Gasteiger partial charge in [0.15, 0.2) is 0 Å². The van der Waals surface area contributed by atoms with Crippen LogP contribution < -0.4 is 4.72 Å². The van der Waals surface area contributed by atoms with Gasteiger partial charge in [-0.25, -0.2) is 13.1 Å². The summed E-state index contributed by atoms with van der Waals surface area (Å²) in [4.78, 5) is 0. The number of sulfonamides is 1. The highest BCUT2D eigenvalue weighted by Gasteiger charge is 2.21. The predicted octanol–water partition coefficient (Wildman–Crippen LogP) is 0.227. The minimum atomic E-state index is -3.10. The molecule has 1 rings (SSSR count). The van der Waals surface area contributed by atoms with E-state index >= 15 is 0 Å². The summed E-state index contributed by atoms with van der Waals surface area (Å²) in [6.45, 7) is 1.84. The molecule has 1 N–H and O–H groups in total. The van der Waals surface area contributed by atoms with Gasteiger partial charge in [0.05, 0.1) is 5.75 Å². The van der Waals surface area contributed by atoms with E-state index in [0.717, 1.165) is 0 Å². The van der Waals surface area contributed by atoms with Crippen molar-refractivity contribution in [3.63, 3.8) is 0 Å². The Hall–Kier alpha value is 0.0600. The van der Waals surface area contributed by atoms with Crippen molar-refractivity contribution >= 4 is 20.8 Å². The number of rotatable bonds is 4. The highest BCUT2D eigenvalue weighted by Crippen LogP contribution is 2.10. The van der Waals surface area contributed by atoms with Crippen LogP contribution in [0, 0.1) is 0 Å². The SMILES string of the molecule is CCCS(=O)(=O)NC1CCS(=O)CC1. The highest BCUT2D eigenvalue weighted by atomic mass is 32.2. The third-order valence-corrected chi connectivity index (χ3v) is 5.23. The average Bonchev–Trinajstić information content (AvgIpc) is 2.08. The molecular formula is C8H17NO3S2. The van der Waals surface area contributed by atoms with Gasteiger partial charge in [-0.05, 0) is 19.3 Å². The minimum absolute atomic E-state index is 0.00394. The van der Waals surface area contributed by atoms with Crippen molar-refractivity contribution in [1.82, 2.24) is 4.72 Å². The zero-order valence-corrected chi connectivity index (χ0v) is 9.99. The van der Waals surface area contributed by atoms with Crippen LogP contribution in [0.2, 0.25) is 0 Å². The van der Waals surface area contributed by atoms with E-state index in [1.165, 1.54) is 0 Å². The highest BCUT2D eigenvalue weighted by molar-refractivity contribution is 7.89. The van der Waals surface area contributed by atoms with Crippen molar-refractivity contribution < 1.29 is 12.6 Å². The van der Waals surface area contributed by atoms with Crippen LogP contribution in [0.1, 0.15) is 26.2 Å². The Balaban J connectivity index is 2.41. The van der Waals surface area contributed by atoms with E-state index in [-0.39, 0.29) is 11.8 Å². The van der Waals surface area contributed by atoms with E-state index in [1.807, 2.05) is 6.92 Å². The van der Waals surface area contributed by atoms with Crippen LogP contribution in [0.5, 0.6) is 0 Å². The molecule has 0 atom stereocenters. The monoisotopic (exact) mass is 239 g/mol. The van der Waals surface area contributed by atoms with E-state index in [9.17, 15) is 12.6 Å². The molecule has 1 aliphatic heterocycles. The summed E-state index contributed by atoms with van der Waals surface area (Å²) in [6.07, 6.45) is 2.04. The third kappa shape index (κ3) is 4.06.